The van der Waals surface area contributed by atoms with E-state index in [1.54, 1.807) is 0 Å². The second-order valence-corrected chi connectivity index (χ2v) is 3.98. The van der Waals surface area contributed by atoms with Crippen LogP contribution in [0.5, 0.6) is 0 Å². The van der Waals surface area contributed by atoms with Gasteiger partial charge >= 0.3 is 0 Å². The molecule has 1 unspecified atom stereocenters. The minimum Gasteiger partial charge on any atom is -0.300 e. The summed E-state index contributed by atoms with van der Waals surface area (Å²) in [5.74, 6) is -3.98. The van der Waals surface area contributed by atoms with Gasteiger partial charge in [0.15, 0.2) is 0 Å². The second-order valence-electron chi connectivity index (χ2n) is 3.98. The summed E-state index contributed by atoms with van der Waals surface area (Å²) in [6, 6.07) is 0. The van der Waals surface area contributed by atoms with Gasteiger partial charge in [-0.05, 0) is 19.4 Å². The van der Waals surface area contributed by atoms with Crippen LogP contribution in [-0.4, -0.2) is 11.7 Å². The van der Waals surface area contributed by atoms with Gasteiger partial charge in [0.25, 0.3) is 5.92 Å². The summed E-state index contributed by atoms with van der Waals surface area (Å²) in [5.41, 5.74) is 0. The van der Waals surface area contributed by atoms with E-state index in [2.05, 4.69) is 6.58 Å². The number of unbranched alkanes of at least 4 members (excludes halogenated alkanes) is 2. The zero-order valence-corrected chi connectivity index (χ0v) is 9.56. The number of hydrogen-bond acceptors (Lipinski definition) is 1. The van der Waals surface area contributed by atoms with Gasteiger partial charge < -0.3 is 4.79 Å². The Morgan fingerprint density at radius 1 is 1.47 bits per heavy atom. The molecule has 0 aromatic carbocycles. The first kappa shape index (κ1) is 14.3. The van der Waals surface area contributed by atoms with Gasteiger partial charge in [-0.15, -0.1) is 0 Å². The van der Waals surface area contributed by atoms with Crippen LogP contribution in [0.15, 0.2) is 12.7 Å². The number of allylic oxidation sites excluding steroid dienone is 1. The topological polar surface area (TPSA) is 17.1 Å². The number of Topliss-reactive ketones (excluding diaryl/α,β-unsaturated/α-hetero) is 1. The summed E-state index contributed by atoms with van der Waals surface area (Å²) < 4.78 is 26.7. The molecule has 0 aliphatic rings. The van der Waals surface area contributed by atoms with Crippen LogP contribution in [0, 0.1) is 5.92 Å². The van der Waals surface area contributed by atoms with E-state index >= 15 is 0 Å². The summed E-state index contributed by atoms with van der Waals surface area (Å²) in [7, 11) is 0. The molecular weight excluding hydrogens is 198 g/mol. The van der Waals surface area contributed by atoms with Gasteiger partial charge in [-0.1, -0.05) is 32.8 Å². The summed E-state index contributed by atoms with van der Waals surface area (Å²) in [5, 5.41) is 0. The summed E-state index contributed by atoms with van der Waals surface area (Å²) in [6.07, 6.45) is 3.67. The van der Waals surface area contributed by atoms with E-state index in [1.165, 1.54) is 6.92 Å². The van der Waals surface area contributed by atoms with Crippen LogP contribution >= 0.6 is 0 Å². The lowest BCUT2D eigenvalue weighted by Gasteiger charge is -2.23. The molecule has 1 atom stereocenters. The molecule has 0 amide bonds. The summed E-state index contributed by atoms with van der Waals surface area (Å²) in [4.78, 5) is 10.9. The fourth-order valence-corrected chi connectivity index (χ4v) is 1.58. The Hall–Kier alpha value is -0.730. The Morgan fingerprint density at radius 2 is 2.07 bits per heavy atom. The molecule has 0 radical (unpaired) electrons. The maximum atomic E-state index is 13.3. The zero-order valence-electron chi connectivity index (χ0n) is 9.56. The predicted octanol–water partition coefficient (Wildman–Crippen LogP) is 3.98. The number of carbonyl (C=O) groups is 1. The van der Waals surface area contributed by atoms with E-state index in [9.17, 15) is 13.6 Å². The van der Waals surface area contributed by atoms with Crippen molar-refractivity contribution < 1.29 is 13.6 Å². The lowest BCUT2D eigenvalue weighted by atomic mass is 9.90. The Kier molecular flexibility index (Phi) is 6.37. The molecule has 15 heavy (non-hydrogen) atoms. The van der Waals surface area contributed by atoms with Crippen LogP contribution in [-0.2, 0) is 4.79 Å². The first-order chi connectivity index (χ1) is 6.94. The van der Waals surface area contributed by atoms with Crippen molar-refractivity contribution in [1.29, 1.82) is 0 Å². The molecule has 1 nitrogen and oxygen atoms in total. The first-order valence-corrected chi connectivity index (χ1v) is 5.44. The molecule has 0 rings (SSSR count). The van der Waals surface area contributed by atoms with Crippen molar-refractivity contribution in [2.45, 2.75) is 51.9 Å². The molecule has 0 bridgehead atoms. The largest absolute Gasteiger partial charge is 0.300 e. The Bertz CT molecular complexity index is 212. The summed E-state index contributed by atoms with van der Waals surface area (Å²) >= 11 is 0. The number of ketones is 1. The standard InChI is InChI=1S/C12H20F2O/c1-4-6-7-8-11(9-10(3)15)12(13,14)5-2/h5,11H,2,4,6-9H2,1,3H3. The van der Waals surface area contributed by atoms with Crippen LogP contribution in [0.2, 0.25) is 0 Å². The van der Waals surface area contributed by atoms with Crippen molar-refractivity contribution in [2.75, 3.05) is 0 Å². The lowest BCUT2D eigenvalue weighted by Crippen LogP contribution is -2.27. The minimum absolute atomic E-state index is 0.0528. The van der Waals surface area contributed by atoms with Gasteiger partial charge in [0, 0.05) is 12.3 Å². The third kappa shape index (κ3) is 5.65. The van der Waals surface area contributed by atoms with Crippen LogP contribution in [0.3, 0.4) is 0 Å². The molecule has 3 heteroatoms. The van der Waals surface area contributed by atoms with Crippen molar-refractivity contribution in [3.63, 3.8) is 0 Å². The van der Waals surface area contributed by atoms with Gasteiger partial charge in [0.2, 0.25) is 0 Å². The lowest BCUT2D eigenvalue weighted by molar-refractivity contribution is -0.121. The van der Waals surface area contributed by atoms with Crippen molar-refractivity contribution >= 4 is 5.78 Å². The van der Waals surface area contributed by atoms with Crippen LogP contribution in [0.4, 0.5) is 8.78 Å². The Balaban J connectivity index is 4.30. The van der Waals surface area contributed by atoms with E-state index in [1.807, 2.05) is 6.92 Å². The number of alkyl halides is 2. The van der Waals surface area contributed by atoms with E-state index in [4.69, 9.17) is 0 Å². The molecule has 0 saturated heterocycles. The zero-order chi connectivity index (χ0) is 11.9. The molecule has 88 valence electrons. The Labute approximate surface area is 90.6 Å². The maximum Gasteiger partial charge on any atom is 0.269 e. The molecule has 0 saturated carbocycles. The van der Waals surface area contributed by atoms with Gasteiger partial charge in [0.05, 0.1) is 0 Å². The van der Waals surface area contributed by atoms with Crippen LogP contribution in [0.25, 0.3) is 0 Å². The fraction of sp³-hybridized carbons (Fsp3) is 0.750. The van der Waals surface area contributed by atoms with Crippen molar-refractivity contribution in [2.24, 2.45) is 5.92 Å². The van der Waals surface area contributed by atoms with Gasteiger partial charge in [-0.25, -0.2) is 8.78 Å². The van der Waals surface area contributed by atoms with E-state index < -0.39 is 11.8 Å². The number of hydrogen-bond donors (Lipinski definition) is 0. The fourth-order valence-electron chi connectivity index (χ4n) is 1.58. The van der Waals surface area contributed by atoms with E-state index in [-0.39, 0.29) is 12.2 Å². The van der Waals surface area contributed by atoms with Crippen LogP contribution in [0.1, 0.15) is 46.0 Å². The average Bonchev–Trinajstić information content (AvgIpc) is 2.16. The van der Waals surface area contributed by atoms with Crippen molar-refractivity contribution in [1.82, 2.24) is 0 Å². The highest BCUT2D eigenvalue weighted by molar-refractivity contribution is 5.75. The van der Waals surface area contributed by atoms with Crippen LogP contribution < -0.4 is 0 Å². The molecular formula is C12H20F2O. The molecule has 0 aromatic rings. The number of halogens is 2. The molecule has 0 aliphatic heterocycles. The maximum absolute atomic E-state index is 13.3. The quantitative estimate of drug-likeness (QED) is 0.445. The highest BCUT2D eigenvalue weighted by Gasteiger charge is 2.36. The second kappa shape index (κ2) is 6.70. The van der Waals surface area contributed by atoms with Crippen molar-refractivity contribution in [3.05, 3.63) is 12.7 Å². The first-order valence-electron chi connectivity index (χ1n) is 5.44. The molecule has 0 N–H and O–H groups in total. The van der Waals surface area contributed by atoms with Gasteiger partial charge in [-0.2, -0.15) is 0 Å². The van der Waals surface area contributed by atoms with Gasteiger partial charge in [-0.3, -0.25) is 0 Å². The Morgan fingerprint density at radius 3 is 2.47 bits per heavy atom. The molecule has 0 aromatic heterocycles. The predicted molar refractivity (Wildman–Crippen MR) is 58.1 cm³/mol. The highest BCUT2D eigenvalue weighted by Crippen LogP contribution is 2.32. The van der Waals surface area contributed by atoms with Crippen molar-refractivity contribution in [3.8, 4) is 0 Å². The van der Waals surface area contributed by atoms with Gasteiger partial charge in [0.1, 0.15) is 5.78 Å². The monoisotopic (exact) mass is 218 g/mol. The number of carbonyl (C=O) groups excluding carboxylic acids is 1. The number of rotatable bonds is 8. The molecule has 0 fully saturated rings. The molecule has 0 aliphatic carbocycles. The third-order valence-electron chi connectivity index (χ3n) is 2.51. The average molecular weight is 218 g/mol. The molecule has 0 heterocycles. The summed E-state index contributed by atoms with van der Waals surface area (Å²) in [6.45, 7) is 6.50. The smallest absolute Gasteiger partial charge is 0.269 e. The SMILES string of the molecule is C=CC(F)(F)C(CCCCC)CC(C)=O. The minimum atomic E-state index is -2.92. The van der Waals surface area contributed by atoms with E-state index in [0.717, 1.165) is 19.3 Å². The normalized spacial score (nSPS) is 13.6. The molecule has 0 spiro atoms. The highest BCUT2D eigenvalue weighted by atomic mass is 19.3. The van der Waals surface area contributed by atoms with E-state index in [0.29, 0.717) is 12.5 Å². The third-order valence-corrected chi connectivity index (χ3v) is 2.51.